The van der Waals surface area contributed by atoms with E-state index in [4.69, 9.17) is 4.52 Å². The van der Waals surface area contributed by atoms with E-state index in [0.717, 1.165) is 35.9 Å². The van der Waals surface area contributed by atoms with Gasteiger partial charge in [0.15, 0.2) is 0 Å². The van der Waals surface area contributed by atoms with Gasteiger partial charge in [-0.25, -0.2) is 9.37 Å². The van der Waals surface area contributed by atoms with Crippen molar-refractivity contribution < 1.29 is 13.7 Å². The molecule has 1 aliphatic rings. The molecule has 5 nitrogen and oxygen atoms in total. The molecule has 25 heavy (non-hydrogen) atoms. The van der Waals surface area contributed by atoms with Gasteiger partial charge in [-0.2, -0.15) is 0 Å². The minimum atomic E-state index is -0.224. The molecule has 1 aliphatic carbocycles. The highest BCUT2D eigenvalue weighted by atomic mass is 19.1. The van der Waals surface area contributed by atoms with Crippen molar-refractivity contribution in [1.29, 1.82) is 0 Å². The Labute approximate surface area is 144 Å². The number of halogens is 1. The smallest absolute Gasteiger partial charge is 0.257 e. The number of hydrogen-bond donors (Lipinski definition) is 1. The molecule has 1 N–H and O–H groups in total. The number of fused-ring (bicyclic) bond motifs is 1. The van der Waals surface area contributed by atoms with Crippen molar-refractivity contribution in [3.8, 4) is 0 Å². The number of pyridine rings is 1. The van der Waals surface area contributed by atoms with E-state index in [1.165, 1.54) is 18.3 Å². The third kappa shape index (κ3) is 3.12. The van der Waals surface area contributed by atoms with E-state index >= 15 is 0 Å². The maximum atomic E-state index is 13.1. The Morgan fingerprint density at radius 3 is 2.88 bits per heavy atom. The summed E-state index contributed by atoms with van der Waals surface area (Å²) in [6, 6.07) is 8.51. The van der Waals surface area contributed by atoms with E-state index in [1.807, 2.05) is 19.1 Å². The number of hydrogen-bond acceptors (Lipinski definition) is 4. The predicted molar refractivity (Wildman–Crippen MR) is 90.8 cm³/mol. The summed E-state index contributed by atoms with van der Waals surface area (Å²) in [7, 11) is 0. The zero-order valence-corrected chi connectivity index (χ0v) is 13.8. The molecule has 2 aromatic heterocycles. The van der Waals surface area contributed by atoms with Crippen molar-refractivity contribution in [3.63, 3.8) is 0 Å². The highest BCUT2D eigenvalue weighted by molar-refractivity contribution is 5.97. The Morgan fingerprint density at radius 1 is 1.28 bits per heavy atom. The van der Waals surface area contributed by atoms with Crippen molar-refractivity contribution in [3.05, 3.63) is 59.2 Å². The minimum absolute atomic E-state index is 0.113. The van der Waals surface area contributed by atoms with Crippen LogP contribution >= 0.6 is 0 Å². The summed E-state index contributed by atoms with van der Waals surface area (Å²) >= 11 is 0. The molecule has 128 valence electrons. The molecule has 0 saturated heterocycles. The Kier molecular flexibility index (Phi) is 3.95. The molecule has 2 unspecified atom stereocenters. The molecule has 6 heteroatoms. The molecule has 3 aromatic rings. The van der Waals surface area contributed by atoms with Gasteiger partial charge in [-0.05, 0) is 55.9 Å². The van der Waals surface area contributed by atoms with Gasteiger partial charge >= 0.3 is 0 Å². The monoisotopic (exact) mass is 339 g/mol. The van der Waals surface area contributed by atoms with Crippen LogP contribution in [0.15, 0.2) is 41.1 Å². The first kappa shape index (κ1) is 15.7. The second-order valence-electron chi connectivity index (χ2n) is 6.58. The average Bonchev–Trinajstić information content (AvgIpc) is 3.22. The molecule has 0 radical (unpaired) electrons. The maximum Gasteiger partial charge on any atom is 0.257 e. The van der Waals surface area contributed by atoms with Crippen LogP contribution in [0, 0.1) is 12.7 Å². The first-order chi connectivity index (χ1) is 12.1. The zero-order valence-electron chi connectivity index (χ0n) is 13.8. The maximum absolute atomic E-state index is 13.1. The fourth-order valence-corrected chi connectivity index (χ4v) is 3.49. The van der Waals surface area contributed by atoms with Gasteiger partial charge in [0.25, 0.3) is 11.6 Å². The van der Waals surface area contributed by atoms with E-state index in [1.54, 1.807) is 6.07 Å². The molecule has 2 atom stereocenters. The van der Waals surface area contributed by atoms with Crippen molar-refractivity contribution in [2.45, 2.75) is 38.1 Å². The molecule has 1 fully saturated rings. The third-order valence-corrected chi connectivity index (χ3v) is 4.88. The van der Waals surface area contributed by atoms with Gasteiger partial charge in [0, 0.05) is 12.2 Å². The van der Waals surface area contributed by atoms with Crippen molar-refractivity contribution >= 4 is 17.0 Å². The van der Waals surface area contributed by atoms with Crippen LogP contribution < -0.4 is 5.32 Å². The number of benzene rings is 1. The zero-order chi connectivity index (χ0) is 17.4. The molecule has 1 saturated carbocycles. The molecular weight excluding hydrogens is 321 g/mol. The van der Waals surface area contributed by atoms with E-state index in [0.29, 0.717) is 17.2 Å². The van der Waals surface area contributed by atoms with Gasteiger partial charge in [0.1, 0.15) is 5.82 Å². The van der Waals surface area contributed by atoms with Crippen LogP contribution in [-0.4, -0.2) is 22.1 Å². The largest absolute Gasteiger partial charge is 0.349 e. The molecule has 0 bridgehead atoms. The minimum Gasteiger partial charge on any atom is -0.349 e. The first-order valence-corrected chi connectivity index (χ1v) is 8.38. The first-order valence-electron chi connectivity index (χ1n) is 8.38. The highest BCUT2D eigenvalue weighted by Gasteiger charge is 2.27. The van der Waals surface area contributed by atoms with Gasteiger partial charge < -0.3 is 9.84 Å². The highest BCUT2D eigenvalue weighted by Crippen LogP contribution is 2.34. The number of aryl methyl sites for hydroxylation is 1. The lowest BCUT2D eigenvalue weighted by Gasteiger charge is -2.14. The lowest BCUT2D eigenvalue weighted by molar-refractivity contribution is 0.0937. The standard InChI is InChI=1S/C19H18FN3O2/c1-11-17-9-14(10-21-19(17)25-23-11)18(24)22-16-7-4-13(8-16)12-2-5-15(20)6-3-12/h2-3,5-6,9-10,13,16H,4,7-8H2,1H3,(H,22,24). The van der Waals surface area contributed by atoms with Gasteiger partial charge in [-0.3, -0.25) is 4.79 Å². The lowest BCUT2D eigenvalue weighted by atomic mass is 9.97. The molecule has 0 spiro atoms. The van der Waals surface area contributed by atoms with Crippen molar-refractivity contribution in [2.75, 3.05) is 0 Å². The number of carbonyl (C=O) groups is 1. The molecule has 1 aromatic carbocycles. The van der Waals surface area contributed by atoms with E-state index in [9.17, 15) is 9.18 Å². The van der Waals surface area contributed by atoms with Gasteiger partial charge in [-0.15, -0.1) is 0 Å². The van der Waals surface area contributed by atoms with Crippen LogP contribution in [0.1, 0.15) is 46.8 Å². The fraction of sp³-hybridized carbons (Fsp3) is 0.316. The van der Waals surface area contributed by atoms with Gasteiger partial charge in [-0.1, -0.05) is 17.3 Å². The molecule has 2 heterocycles. The summed E-state index contributed by atoms with van der Waals surface area (Å²) in [5.41, 5.74) is 2.78. The van der Waals surface area contributed by atoms with Crippen LogP contribution in [0.4, 0.5) is 4.39 Å². The SMILES string of the molecule is Cc1noc2ncc(C(=O)NC3CCC(c4ccc(F)cc4)C3)cc12. The number of rotatable bonds is 3. The summed E-state index contributed by atoms with van der Waals surface area (Å²) in [5, 5.41) is 7.68. The molecular formula is C19H18FN3O2. The Morgan fingerprint density at radius 2 is 2.08 bits per heavy atom. The average molecular weight is 339 g/mol. The Balaban J connectivity index is 1.44. The van der Waals surface area contributed by atoms with Crippen LogP contribution in [0.2, 0.25) is 0 Å². The Hall–Kier alpha value is -2.76. The van der Waals surface area contributed by atoms with E-state index in [2.05, 4.69) is 15.5 Å². The normalized spacial score (nSPS) is 20.1. The van der Waals surface area contributed by atoms with Gasteiger partial charge in [0.05, 0.1) is 16.6 Å². The summed E-state index contributed by atoms with van der Waals surface area (Å²) in [6.45, 7) is 1.82. The summed E-state index contributed by atoms with van der Waals surface area (Å²) in [6.07, 6.45) is 4.27. The number of carbonyl (C=O) groups excluding carboxylic acids is 1. The second kappa shape index (κ2) is 6.27. The molecule has 4 rings (SSSR count). The van der Waals surface area contributed by atoms with Crippen molar-refractivity contribution in [1.82, 2.24) is 15.5 Å². The second-order valence-corrected chi connectivity index (χ2v) is 6.58. The van der Waals surface area contributed by atoms with Crippen LogP contribution in [0.5, 0.6) is 0 Å². The van der Waals surface area contributed by atoms with Crippen LogP contribution in [0.3, 0.4) is 0 Å². The van der Waals surface area contributed by atoms with Crippen LogP contribution in [0.25, 0.3) is 11.1 Å². The predicted octanol–water partition coefficient (Wildman–Crippen LogP) is 3.74. The summed E-state index contributed by atoms with van der Waals surface area (Å²) < 4.78 is 18.1. The summed E-state index contributed by atoms with van der Waals surface area (Å²) in [4.78, 5) is 16.7. The van der Waals surface area contributed by atoms with E-state index in [-0.39, 0.29) is 17.8 Å². The quantitative estimate of drug-likeness (QED) is 0.789. The van der Waals surface area contributed by atoms with E-state index < -0.39 is 0 Å². The van der Waals surface area contributed by atoms with Crippen LogP contribution in [-0.2, 0) is 0 Å². The molecule has 1 amide bonds. The summed E-state index contributed by atoms with van der Waals surface area (Å²) in [5.74, 6) is -0.00917. The number of nitrogens with one attached hydrogen (secondary N) is 1. The lowest BCUT2D eigenvalue weighted by Crippen LogP contribution is -2.32. The number of nitrogens with zero attached hydrogens (tertiary/aromatic N) is 2. The number of amides is 1. The van der Waals surface area contributed by atoms with Crippen molar-refractivity contribution in [2.24, 2.45) is 0 Å². The fourth-order valence-electron chi connectivity index (χ4n) is 3.49. The number of aromatic nitrogens is 2. The van der Waals surface area contributed by atoms with Gasteiger partial charge in [0.2, 0.25) is 0 Å². The Bertz CT molecular complexity index is 920. The topological polar surface area (TPSA) is 68.0 Å². The molecule has 0 aliphatic heterocycles. The third-order valence-electron chi connectivity index (χ3n) is 4.88.